The molecular formula is C21H19N3O3. The molecule has 6 heteroatoms. The summed E-state index contributed by atoms with van der Waals surface area (Å²) in [5.41, 5.74) is 7.60. The van der Waals surface area contributed by atoms with Crippen molar-refractivity contribution in [1.29, 1.82) is 0 Å². The number of primary amides is 1. The van der Waals surface area contributed by atoms with Gasteiger partial charge in [-0.05, 0) is 36.4 Å². The van der Waals surface area contributed by atoms with Crippen LogP contribution in [-0.4, -0.2) is 29.9 Å². The lowest BCUT2D eigenvalue weighted by Crippen LogP contribution is -2.28. The first kappa shape index (κ1) is 18.1. The van der Waals surface area contributed by atoms with Gasteiger partial charge in [-0.25, -0.2) is 0 Å². The minimum absolute atomic E-state index is 0.205. The van der Waals surface area contributed by atoms with E-state index >= 15 is 0 Å². The fourth-order valence-corrected chi connectivity index (χ4v) is 2.49. The van der Waals surface area contributed by atoms with Gasteiger partial charge in [0.15, 0.2) is 0 Å². The Hall–Kier alpha value is -3.67. The third-order valence-corrected chi connectivity index (χ3v) is 3.89. The highest BCUT2D eigenvalue weighted by Gasteiger charge is 2.08. The van der Waals surface area contributed by atoms with Gasteiger partial charge in [0.1, 0.15) is 12.4 Å². The van der Waals surface area contributed by atoms with Crippen molar-refractivity contribution in [3.8, 4) is 17.0 Å². The predicted octanol–water partition coefficient (Wildman–Crippen LogP) is 2.66. The topological polar surface area (TPSA) is 94.3 Å². The monoisotopic (exact) mass is 361 g/mol. The molecule has 2 aromatic carbocycles. The summed E-state index contributed by atoms with van der Waals surface area (Å²) in [4.78, 5) is 27.8. The zero-order chi connectivity index (χ0) is 19.1. The van der Waals surface area contributed by atoms with Crippen LogP contribution in [0.4, 0.5) is 0 Å². The quantitative estimate of drug-likeness (QED) is 0.633. The summed E-state index contributed by atoms with van der Waals surface area (Å²) in [6.07, 6.45) is 1.58. The third-order valence-electron chi connectivity index (χ3n) is 3.89. The summed E-state index contributed by atoms with van der Waals surface area (Å²) in [5, 5.41) is 2.82. The number of amides is 2. The number of nitrogens with two attached hydrogens (primary N) is 1. The molecule has 27 heavy (non-hydrogen) atoms. The molecule has 3 rings (SSSR count). The first-order valence-corrected chi connectivity index (χ1v) is 8.46. The lowest BCUT2D eigenvalue weighted by atomic mass is 10.1. The maximum atomic E-state index is 12.3. The van der Waals surface area contributed by atoms with E-state index in [-0.39, 0.29) is 5.91 Å². The largest absolute Gasteiger partial charge is 0.492 e. The van der Waals surface area contributed by atoms with Crippen molar-refractivity contribution in [3.05, 3.63) is 84.1 Å². The fourth-order valence-electron chi connectivity index (χ4n) is 2.49. The molecule has 0 radical (unpaired) electrons. The molecule has 0 saturated heterocycles. The molecule has 0 unspecified atom stereocenters. The molecule has 0 aliphatic rings. The zero-order valence-corrected chi connectivity index (χ0v) is 14.6. The summed E-state index contributed by atoms with van der Waals surface area (Å²) in [5.74, 6) is 0.0711. The number of benzene rings is 2. The van der Waals surface area contributed by atoms with Crippen molar-refractivity contribution < 1.29 is 14.3 Å². The average Bonchev–Trinajstić information content (AvgIpc) is 2.72. The summed E-state index contributed by atoms with van der Waals surface area (Å²) in [7, 11) is 0. The molecule has 2 amide bonds. The van der Waals surface area contributed by atoms with Crippen molar-refractivity contribution in [3.63, 3.8) is 0 Å². The van der Waals surface area contributed by atoms with Gasteiger partial charge >= 0.3 is 0 Å². The Balaban J connectivity index is 1.59. The van der Waals surface area contributed by atoms with Gasteiger partial charge in [-0.1, -0.05) is 30.3 Å². The highest BCUT2D eigenvalue weighted by molar-refractivity contribution is 5.95. The molecular weight excluding hydrogens is 342 g/mol. The van der Waals surface area contributed by atoms with E-state index in [0.29, 0.717) is 30.0 Å². The lowest BCUT2D eigenvalue weighted by Gasteiger charge is -2.08. The number of pyridine rings is 1. The third kappa shape index (κ3) is 4.92. The van der Waals surface area contributed by atoms with Crippen LogP contribution in [0.2, 0.25) is 0 Å². The van der Waals surface area contributed by atoms with Gasteiger partial charge in [0.05, 0.1) is 12.2 Å². The van der Waals surface area contributed by atoms with Gasteiger partial charge in [-0.15, -0.1) is 0 Å². The number of nitrogens with zero attached hydrogens (tertiary/aromatic N) is 1. The SMILES string of the molecule is NC(=O)c1ccc(-c2cc(C(=O)NCCOc3ccccc3)ccn2)cc1. The van der Waals surface area contributed by atoms with E-state index in [1.807, 2.05) is 30.3 Å². The van der Waals surface area contributed by atoms with Gasteiger partial charge < -0.3 is 15.8 Å². The van der Waals surface area contributed by atoms with E-state index in [9.17, 15) is 9.59 Å². The number of rotatable bonds is 7. The molecule has 136 valence electrons. The van der Waals surface area contributed by atoms with Crippen LogP contribution in [0.1, 0.15) is 20.7 Å². The number of nitrogens with one attached hydrogen (secondary N) is 1. The molecule has 3 N–H and O–H groups in total. The molecule has 0 saturated carbocycles. The standard InChI is InChI=1S/C21H19N3O3/c22-20(25)16-8-6-15(7-9-16)19-14-17(10-11-23-19)21(26)24-12-13-27-18-4-2-1-3-5-18/h1-11,14H,12-13H2,(H2,22,25)(H,24,26). The van der Waals surface area contributed by atoms with E-state index in [4.69, 9.17) is 10.5 Å². The van der Waals surface area contributed by atoms with Crippen molar-refractivity contribution >= 4 is 11.8 Å². The van der Waals surface area contributed by atoms with Crippen LogP contribution in [0.5, 0.6) is 5.75 Å². The Morgan fingerprint density at radius 1 is 0.963 bits per heavy atom. The van der Waals surface area contributed by atoms with Crippen molar-refractivity contribution in [2.75, 3.05) is 13.2 Å². The number of carbonyl (C=O) groups excluding carboxylic acids is 2. The molecule has 1 heterocycles. The lowest BCUT2D eigenvalue weighted by molar-refractivity contribution is 0.0945. The number of hydrogen-bond acceptors (Lipinski definition) is 4. The Labute approximate surface area is 157 Å². The highest BCUT2D eigenvalue weighted by atomic mass is 16.5. The van der Waals surface area contributed by atoms with E-state index in [1.54, 1.807) is 42.6 Å². The van der Waals surface area contributed by atoms with Crippen LogP contribution in [0, 0.1) is 0 Å². The van der Waals surface area contributed by atoms with Gasteiger partial charge in [-0.2, -0.15) is 0 Å². The zero-order valence-electron chi connectivity index (χ0n) is 14.6. The maximum absolute atomic E-state index is 12.3. The van der Waals surface area contributed by atoms with Gasteiger partial charge in [0.25, 0.3) is 5.91 Å². The maximum Gasteiger partial charge on any atom is 0.251 e. The number of ether oxygens (including phenoxy) is 1. The van der Waals surface area contributed by atoms with Crippen molar-refractivity contribution in [2.24, 2.45) is 5.73 Å². The normalized spacial score (nSPS) is 10.2. The predicted molar refractivity (Wildman–Crippen MR) is 102 cm³/mol. The second-order valence-corrected chi connectivity index (χ2v) is 5.79. The first-order chi connectivity index (χ1) is 13.1. The Morgan fingerprint density at radius 2 is 1.70 bits per heavy atom. The minimum Gasteiger partial charge on any atom is -0.492 e. The number of hydrogen-bond donors (Lipinski definition) is 2. The highest BCUT2D eigenvalue weighted by Crippen LogP contribution is 2.18. The molecule has 0 aliphatic carbocycles. The number of para-hydroxylation sites is 1. The van der Waals surface area contributed by atoms with Gasteiger partial charge in [0, 0.05) is 22.9 Å². The van der Waals surface area contributed by atoms with Crippen LogP contribution in [-0.2, 0) is 0 Å². The van der Waals surface area contributed by atoms with Crippen LogP contribution < -0.4 is 15.8 Å². The second-order valence-electron chi connectivity index (χ2n) is 5.79. The smallest absolute Gasteiger partial charge is 0.251 e. The van der Waals surface area contributed by atoms with Crippen LogP contribution in [0.3, 0.4) is 0 Å². The fraction of sp³-hybridized carbons (Fsp3) is 0.0952. The average molecular weight is 361 g/mol. The molecule has 0 spiro atoms. The van der Waals surface area contributed by atoms with E-state index in [2.05, 4.69) is 10.3 Å². The molecule has 0 fully saturated rings. The molecule has 0 aliphatic heterocycles. The summed E-state index contributed by atoms with van der Waals surface area (Å²) in [6.45, 7) is 0.765. The Bertz CT molecular complexity index is 925. The minimum atomic E-state index is -0.486. The number of carbonyl (C=O) groups is 2. The van der Waals surface area contributed by atoms with Gasteiger partial charge in [0.2, 0.25) is 5.91 Å². The summed E-state index contributed by atoms with van der Waals surface area (Å²) >= 11 is 0. The first-order valence-electron chi connectivity index (χ1n) is 8.46. The Morgan fingerprint density at radius 3 is 2.41 bits per heavy atom. The van der Waals surface area contributed by atoms with Crippen LogP contribution in [0.15, 0.2) is 72.9 Å². The summed E-state index contributed by atoms with van der Waals surface area (Å²) in [6, 6.07) is 19.5. The van der Waals surface area contributed by atoms with Crippen LogP contribution >= 0.6 is 0 Å². The molecule has 6 nitrogen and oxygen atoms in total. The van der Waals surface area contributed by atoms with Crippen molar-refractivity contribution in [2.45, 2.75) is 0 Å². The molecule has 1 aromatic heterocycles. The van der Waals surface area contributed by atoms with Crippen LogP contribution in [0.25, 0.3) is 11.3 Å². The van der Waals surface area contributed by atoms with E-state index in [1.165, 1.54) is 0 Å². The van der Waals surface area contributed by atoms with E-state index in [0.717, 1.165) is 11.3 Å². The number of aromatic nitrogens is 1. The van der Waals surface area contributed by atoms with Gasteiger partial charge in [-0.3, -0.25) is 14.6 Å². The molecule has 0 atom stereocenters. The second kappa shape index (κ2) is 8.62. The molecule has 3 aromatic rings. The molecule has 0 bridgehead atoms. The Kier molecular flexibility index (Phi) is 5.79. The summed E-state index contributed by atoms with van der Waals surface area (Å²) < 4.78 is 5.55. The van der Waals surface area contributed by atoms with Crippen molar-refractivity contribution in [1.82, 2.24) is 10.3 Å². The van der Waals surface area contributed by atoms with E-state index < -0.39 is 5.91 Å².